The number of sulfonamides is 1. The van der Waals surface area contributed by atoms with Crippen molar-refractivity contribution in [1.82, 2.24) is 5.32 Å². The van der Waals surface area contributed by atoms with Gasteiger partial charge in [0, 0.05) is 18.7 Å². The highest BCUT2D eigenvalue weighted by atomic mass is 35.5. The summed E-state index contributed by atoms with van der Waals surface area (Å²) in [6.07, 6.45) is -0.622. The number of para-hydroxylation sites is 1. The number of amides is 2. The predicted octanol–water partition coefficient (Wildman–Crippen LogP) is 3.99. The Morgan fingerprint density at radius 3 is 2.43 bits per heavy atom. The molecule has 0 atom stereocenters. The summed E-state index contributed by atoms with van der Waals surface area (Å²) in [5.74, 6) is -0.389. The second kappa shape index (κ2) is 9.82. The fourth-order valence-corrected chi connectivity index (χ4v) is 3.67. The highest BCUT2D eigenvalue weighted by molar-refractivity contribution is 7.92. The number of anilines is 2. The first-order valence-electron chi connectivity index (χ1n) is 9.10. The van der Waals surface area contributed by atoms with E-state index >= 15 is 0 Å². The van der Waals surface area contributed by atoms with E-state index < -0.39 is 21.7 Å². The van der Waals surface area contributed by atoms with Crippen LogP contribution in [0.4, 0.5) is 16.2 Å². The van der Waals surface area contributed by atoms with Crippen LogP contribution in [0.1, 0.15) is 27.2 Å². The van der Waals surface area contributed by atoms with E-state index in [1.807, 2.05) is 0 Å². The molecule has 0 aliphatic heterocycles. The maximum absolute atomic E-state index is 12.6. The first kappa shape index (κ1) is 23.5. The quantitative estimate of drug-likeness (QED) is 0.586. The van der Waals surface area contributed by atoms with Gasteiger partial charge in [0.25, 0.3) is 10.0 Å². The molecule has 2 aromatic rings. The summed E-state index contributed by atoms with van der Waals surface area (Å²) in [5, 5.41) is 5.35. The number of carbonyl (C=O) groups excluding carboxylic acids is 2. The van der Waals surface area contributed by atoms with Crippen LogP contribution in [0.5, 0.6) is 0 Å². The van der Waals surface area contributed by atoms with Crippen LogP contribution in [0.25, 0.3) is 0 Å². The Labute approximate surface area is 181 Å². The highest BCUT2D eigenvalue weighted by Crippen LogP contribution is 2.25. The number of hydrogen-bond donors (Lipinski definition) is 3. The molecule has 0 fully saturated rings. The molecular weight excluding hydrogens is 430 g/mol. The van der Waals surface area contributed by atoms with Gasteiger partial charge < -0.3 is 15.4 Å². The van der Waals surface area contributed by atoms with Crippen molar-refractivity contribution in [1.29, 1.82) is 0 Å². The summed E-state index contributed by atoms with van der Waals surface area (Å²) in [7, 11) is -3.90. The van der Waals surface area contributed by atoms with Gasteiger partial charge in [0.1, 0.15) is 5.60 Å². The third kappa shape index (κ3) is 7.57. The molecule has 0 saturated heterocycles. The van der Waals surface area contributed by atoms with Crippen LogP contribution in [0.3, 0.4) is 0 Å². The van der Waals surface area contributed by atoms with Gasteiger partial charge in [-0.1, -0.05) is 29.8 Å². The summed E-state index contributed by atoms with van der Waals surface area (Å²) in [6.45, 7) is 5.29. The largest absolute Gasteiger partial charge is 0.444 e. The average Bonchev–Trinajstić information content (AvgIpc) is 2.62. The third-order valence-corrected chi connectivity index (χ3v) is 5.26. The molecule has 0 heterocycles. The molecule has 30 heavy (non-hydrogen) atoms. The van der Waals surface area contributed by atoms with Gasteiger partial charge >= 0.3 is 6.09 Å². The minimum Gasteiger partial charge on any atom is -0.444 e. The second-order valence-electron chi connectivity index (χ2n) is 7.34. The molecule has 0 aliphatic rings. The molecule has 0 unspecified atom stereocenters. The minimum atomic E-state index is -3.90. The van der Waals surface area contributed by atoms with Crippen molar-refractivity contribution in [2.45, 2.75) is 37.7 Å². The Morgan fingerprint density at radius 1 is 1.07 bits per heavy atom. The second-order valence-corrected chi connectivity index (χ2v) is 9.43. The fourth-order valence-electron chi connectivity index (χ4n) is 2.30. The Kier molecular flexibility index (Phi) is 7.69. The van der Waals surface area contributed by atoms with E-state index in [0.29, 0.717) is 5.69 Å². The van der Waals surface area contributed by atoms with Gasteiger partial charge in [-0.3, -0.25) is 9.52 Å². The van der Waals surface area contributed by atoms with E-state index in [-0.39, 0.29) is 34.5 Å². The number of halogens is 1. The molecule has 0 aromatic heterocycles. The zero-order chi connectivity index (χ0) is 22.4. The normalized spacial score (nSPS) is 11.5. The van der Waals surface area contributed by atoms with Crippen LogP contribution in [0.15, 0.2) is 53.4 Å². The van der Waals surface area contributed by atoms with Crippen LogP contribution < -0.4 is 15.4 Å². The van der Waals surface area contributed by atoms with Gasteiger partial charge in [0.2, 0.25) is 5.91 Å². The van der Waals surface area contributed by atoms with Gasteiger partial charge in [-0.15, -0.1) is 0 Å². The molecule has 0 spiro atoms. The molecule has 10 heteroatoms. The number of hydrogen-bond acceptors (Lipinski definition) is 5. The van der Waals surface area contributed by atoms with Crippen LogP contribution in [0, 0.1) is 0 Å². The van der Waals surface area contributed by atoms with E-state index in [4.69, 9.17) is 16.3 Å². The van der Waals surface area contributed by atoms with Crippen LogP contribution in [-0.2, 0) is 19.6 Å². The van der Waals surface area contributed by atoms with Gasteiger partial charge in [0.05, 0.1) is 15.6 Å². The summed E-state index contributed by atoms with van der Waals surface area (Å²) < 4.78 is 32.7. The van der Waals surface area contributed by atoms with Crippen molar-refractivity contribution in [3.63, 3.8) is 0 Å². The van der Waals surface area contributed by atoms with E-state index in [1.165, 1.54) is 18.2 Å². The topological polar surface area (TPSA) is 114 Å². The lowest BCUT2D eigenvalue weighted by Gasteiger charge is -2.19. The fraction of sp³-hybridized carbons (Fsp3) is 0.300. The maximum Gasteiger partial charge on any atom is 0.407 e. The summed E-state index contributed by atoms with van der Waals surface area (Å²) >= 11 is 6.00. The number of carbonyl (C=O) groups is 2. The Hall–Kier alpha value is -2.78. The lowest BCUT2D eigenvalue weighted by Crippen LogP contribution is -2.34. The molecule has 162 valence electrons. The van der Waals surface area contributed by atoms with Gasteiger partial charge in [-0.05, 0) is 51.1 Å². The SMILES string of the molecule is CC(C)(C)OC(=O)NCCC(=O)Nc1cccc(S(=O)(=O)Nc2ccccc2Cl)c1. The van der Waals surface area contributed by atoms with E-state index in [1.54, 1.807) is 51.1 Å². The van der Waals surface area contributed by atoms with Gasteiger partial charge in [0.15, 0.2) is 0 Å². The summed E-state index contributed by atoms with van der Waals surface area (Å²) in [5.41, 5.74) is -0.0721. The van der Waals surface area contributed by atoms with E-state index in [2.05, 4.69) is 15.4 Å². The summed E-state index contributed by atoms with van der Waals surface area (Å²) in [4.78, 5) is 23.6. The van der Waals surface area contributed by atoms with Crippen molar-refractivity contribution < 1.29 is 22.7 Å². The lowest BCUT2D eigenvalue weighted by atomic mass is 10.2. The van der Waals surface area contributed by atoms with E-state index in [9.17, 15) is 18.0 Å². The maximum atomic E-state index is 12.6. The van der Waals surface area contributed by atoms with Gasteiger partial charge in [-0.25, -0.2) is 13.2 Å². The molecule has 8 nitrogen and oxygen atoms in total. The zero-order valence-electron chi connectivity index (χ0n) is 16.9. The molecule has 0 saturated carbocycles. The van der Waals surface area contributed by atoms with Gasteiger partial charge in [-0.2, -0.15) is 0 Å². The van der Waals surface area contributed by atoms with Crippen molar-refractivity contribution in [3.8, 4) is 0 Å². The number of alkyl carbamates (subject to hydrolysis) is 1. The number of nitrogens with one attached hydrogen (secondary N) is 3. The third-order valence-electron chi connectivity index (χ3n) is 3.57. The van der Waals surface area contributed by atoms with Crippen molar-refractivity contribution in [2.24, 2.45) is 0 Å². The Bertz CT molecular complexity index is 1020. The standard InChI is InChI=1S/C20H24ClN3O5S/c1-20(2,3)29-19(26)22-12-11-18(25)23-14-7-6-8-15(13-14)30(27,28)24-17-10-5-4-9-16(17)21/h4-10,13,24H,11-12H2,1-3H3,(H,22,26)(H,23,25). The predicted molar refractivity (Wildman–Crippen MR) is 116 cm³/mol. The first-order valence-corrected chi connectivity index (χ1v) is 11.0. The number of rotatable bonds is 7. The molecule has 2 rings (SSSR count). The first-order chi connectivity index (χ1) is 14.0. The molecule has 0 radical (unpaired) electrons. The van der Waals surface area contributed by atoms with Crippen molar-refractivity contribution in [2.75, 3.05) is 16.6 Å². The molecule has 2 amide bonds. The van der Waals surface area contributed by atoms with Crippen molar-refractivity contribution >= 4 is 45.0 Å². The molecule has 2 aromatic carbocycles. The molecule has 0 bridgehead atoms. The Morgan fingerprint density at radius 2 is 1.77 bits per heavy atom. The highest BCUT2D eigenvalue weighted by Gasteiger charge is 2.17. The number of ether oxygens (including phenoxy) is 1. The number of benzene rings is 2. The van der Waals surface area contributed by atoms with E-state index in [0.717, 1.165) is 0 Å². The summed E-state index contributed by atoms with van der Waals surface area (Å²) in [6, 6.07) is 12.3. The molecular formula is C20H24ClN3O5S. The van der Waals surface area contributed by atoms with Crippen molar-refractivity contribution in [3.05, 3.63) is 53.6 Å². The van der Waals surface area contributed by atoms with Crippen LogP contribution in [-0.4, -0.2) is 32.6 Å². The molecule has 3 N–H and O–H groups in total. The van der Waals surface area contributed by atoms with Crippen LogP contribution in [0.2, 0.25) is 5.02 Å². The minimum absolute atomic E-state index is 0.00586. The smallest absolute Gasteiger partial charge is 0.407 e. The Balaban J connectivity index is 1.96. The molecule has 0 aliphatic carbocycles. The lowest BCUT2D eigenvalue weighted by molar-refractivity contribution is -0.116. The average molecular weight is 454 g/mol. The van der Waals surface area contributed by atoms with Crippen LogP contribution >= 0.6 is 11.6 Å². The zero-order valence-corrected chi connectivity index (χ0v) is 18.4. The monoisotopic (exact) mass is 453 g/mol.